The van der Waals surface area contributed by atoms with Crippen LogP contribution in [0.2, 0.25) is 0 Å². The van der Waals surface area contributed by atoms with E-state index in [9.17, 15) is 8.78 Å². The number of halogens is 2. The van der Waals surface area contributed by atoms with Gasteiger partial charge in [-0.1, -0.05) is 0 Å². The lowest BCUT2D eigenvalue weighted by Crippen LogP contribution is -2.09. The highest BCUT2D eigenvalue weighted by molar-refractivity contribution is 5.59. The first kappa shape index (κ1) is 19.2. The first-order chi connectivity index (χ1) is 14.6. The largest absolute Gasteiger partial charge is 0.350 e. The second-order valence-electron chi connectivity index (χ2n) is 6.28. The Morgan fingerprint density at radius 2 is 1.07 bits per heavy atom. The Bertz CT molecular complexity index is 1040. The molecule has 0 aliphatic rings. The van der Waals surface area contributed by atoms with Crippen LogP contribution >= 0.6 is 0 Å². The maximum Gasteiger partial charge on any atom is 0.233 e. The zero-order chi connectivity index (χ0) is 20.8. The number of hydrogen-bond acceptors (Lipinski definition) is 7. The van der Waals surface area contributed by atoms with Crippen molar-refractivity contribution >= 4 is 29.2 Å². The molecule has 2 heterocycles. The van der Waals surface area contributed by atoms with Gasteiger partial charge in [-0.15, -0.1) is 0 Å². The number of nitrogens with zero attached hydrogens (tertiary/aromatic N) is 4. The number of pyridine rings is 1. The first-order valence-electron chi connectivity index (χ1n) is 9.08. The lowest BCUT2D eigenvalue weighted by molar-refractivity contribution is 0.627. The molecular formula is C21H17F2N7. The molecule has 0 bridgehead atoms. The smallest absolute Gasteiger partial charge is 0.233 e. The number of benzene rings is 2. The van der Waals surface area contributed by atoms with Crippen LogP contribution in [0.5, 0.6) is 0 Å². The number of aromatic nitrogens is 4. The van der Waals surface area contributed by atoms with Crippen LogP contribution in [-0.4, -0.2) is 19.9 Å². The topological polar surface area (TPSA) is 87.7 Å². The van der Waals surface area contributed by atoms with Crippen LogP contribution in [0, 0.1) is 11.6 Å². The molecule has 0 fully saturated rings. The minimum Gasteiger partial charge on any atom is -0.350 e. The molecule has 0 unspecified atom stereocenters. The van der Waals surface area contributed by atoms with Gasteiger partial charge in [0.2, 0.25) is 17.8 Å². The fourth-order valence-corrected chi connectivity index (χ4v) is 2.57. The van der Waals surface area contributed by atoms with Gasteiger partial charge in [0.1, 0.15) is 11.6 Å². The van der Waals surface area contributed by atoms with Gasteiger partial charge in [-0.25, -0.2) is 8.78 Å². The Labute approximate surface area is 171 Å². The molecule has 0 spiro atoms. The fourth-order valence-electron chi connectivity index (χ4n) is 2.57. The second kappa shape index (κ2) is 8.91. The fraction of sp³-hybridized carbons (Fsp3) is 0.0476. The number of rotatable bonds is 7. The van der Waals surface area contributed by atoms with Crippen LogP contribution in [0.1, 0.15) is 5.56 Å². The molecule has 7 nitrogen and oxygen atoms in total. The van der Waals surface area contributed by atoms with Gasteiger partial charge in [0, 0.05) is 30.3 Å². The molecule has 2 aromatic heterocycles. The summed E-state index contributed by atoms with van der Waals surface area (Å²) >= 11 is 0. The zero-order valence-electron chi connectivity index (χ0n) is 15.7. The van der Waals surface area contributed by atoms with Gasteiger partial charge in [0.25, 0.3) is 0 Å². The van der Waals surface area contributed by atoms with Crippen molar-refractivity contribution in [1.82, 2.24) is 19.9 Å². The van der Waals surface area contributed by atoms with Gasteiger partial charge >= 0.3 is 0 Å². The van der Waals surface area contributed by atoms with E-state index in [1.54, 1.807) is 36.7 Å². The molecule has 150 valence electrons. The zero-order valence-corrected chi connectivity index (χ0v) is 15.7. The highest BCUT2D eigenvalue weighted by Crippen LogP contribution is 2.19. The van der Waals surface area contributed by atoms with Crippen LogP contribution in [-0.2, 0) is 6.54 Å². The SMILES string of the molecule is Fc1ccc(Nc2nc(NCc3ccncc3)nc(Nc3ccc(F)cc3)n2)cc1. The summed E-state index contributed by atoms with van der Waals surface area (Å²) in [6, 6.07) is 15.4. The summed E-state index contributed by atoms with van der Waals surface area (Å²) in [7, 11) is 0. The molecule has 0 atom stereocenters. The van der Waals surface area contributed by atoms with Crippen molar-refractivity contribution < 1.29 is 8.78 Å². The van der Waals surface area contributed by atoms with Gasteiger partial charge < -0.3 is 16.0 Å². The first-order valence-corrected chi connectivity index (χ1v) is 9.08. The van der Waals surface area contributed by atoms with Crippen LogP contribution in [0.25, 0.3) is 0 Å². The highest BCUT2D eigenvalue weighted by atomic mass is 19.1. The lowest BCUT2D eigenvalue weighted by Gasteiger charge is -2.11. The molecule has 30 heavy (non-hydrogen) atoms. The van der Waals surface area contributed by atoms with Crippen molar-refractivity contribution in [3.8, 4) is 0 Å². The van der Waals surface area contributed by atoms with Gasteiger partial charge in [0.15, 0.2) is 0 Å². The van der Waals surface area contributed by atoms with Crippen molar-refractivity contribution in [3.63, 3.8) is 0 Å². The van der Waals surface area contributed by atoms with E-state index in [0.29, 0.717) is 23.9 Å². The average Bonchev–Trinajstić information content (AvgIpc) is 2.76. The van der Waals surface area contributed by atoms with Crippen molar-refractivity contribution in [1.29, 1.82) is 0 Å². The van der Waals surface area contributed by atoms with E-state index in [1.165, 1.54) is 24.3 Å². The van der Waals surface area contributed by atoms with Gasteiger partial charge in [-0.2, -0.15) is 15.0 Å². The Kier molecular flexibility index (Phi) is 5.70. The molecule has 9 heteroatoms. The van der Waals surface area contributed by atoms with Crippen LogP contribution in [0.3, 0.4) is 0 Å². The third-order valence-corrected chi connectivity index (χ3v) is 4.04. The van der Waals surface area contributed by atoms with E-state index >= 15 is 0 Å². The number of nitrogens with one attached hydrogen (secondary N) is 3. The summed E-state index contributed by atoms with van der Waals surface area (Å²) in [6.45, 7) is 0.485. The monoisotopic (exact) mass is 405 g/mol. The molecule has 2 aromatic carbocycles. The molecule has 4 rings (SSSR count). The van der Waals surface area contributed by atoms with Crippen LogP contribution in [0.15, 0.2) is 73.1 Å². The molecule has 4 aromatic rings. The van der Waals surface area contributed by atoms with E-state index in [1.807, 2.05) is 12.1 Å². The number of anilines is 5. The van der Waals surface area contributed by atoms with E-state index in [2.05, 4.69) is 35.9 Å². The van der Waals surface area contributed by atoms with Gasteiger partial charge in [0.05, 0.1) is 0 Å². The molecule has 0 saturated carbocycles. The maximum atomic E-state index is 13.2. The lowest BCUT2D eigenvalue weighted by atomic mass is 10.3. The minimum absolute atomic E-state index is 0.262. The van der Waals surface area contributed by atoms with Crippen LogP contribution in [0.4, 0.5) is 38.0 Å². The molecular weight excluding hydrogens is 388 g/mol. The van der Waals surface area contributed by atoms with E-state index < -0.39 is 0 Å². The molecule has 0 saturated heterocycles. The van der Waals surface area contributed by atoms with Gasteiger partial charge in [-0.05, 0) is 66.2 Å². The third kappa shape index (κ3) is 5.22. The Morgan fingerprint density at radius 1 is 0.600 bits per heavy atom. The number of hydrogen-bond donors (Lipinski definition) is 3. The van der Waals surface area contributed by atoms with Gasteiger partial charge in [-0.3, -0.25) is 4.98 Å². The van der Waals surface area contributed by atoms with Crippen LogP contribution < -0.4 is 16.0 Å². The van der Waals surface area contributed by atoms with E-state index in [4.69, 9.17) is 0 Å². The summed E-state index contributed by atoms with van der Waals surface area (Å²) < 4.78 is 26.3. The maximum absolute atomic E-state index is 13.2. The predicted octanol–water partition coefficient (Wildman–Crippen LogP) is 4.64. The second-order valence-corrected chi connectivity index (χ2v) is 6.28. The summed E-state index contributed by atoms with van der Waals surface area (Å²) in [5, 5.41) is 9.19. The highest BCUT2D eigenvalue weighted by Gasteiger charge is 2.08. The Balaban J connectivity index is 1.58. The predicted molar refractivity (Wildman–Crippen MR) is 111 cm³/mol. The average molecular weight is 405 g/mol. The van der Waals surface area contributed by atoms with Crippen molar-refractivity contribution in [3.05, 3.63) is 90.3 Å². The molecule has 0 radical (unpaired) electrons. The minimum atomic E-state index is -0.338. The van der Waals surface area contributed by atoms with Crippen molar-refractivity contribution in [2.75, 3.05) is 16.0 Å². The van der Waals surface area contributed by atoms with E-state index in [0.717, 1.165) is 5.56 Å². The summed E-state index contributed by atoms with van der Waals surface area (Å²) in [5.41, 5.74) is 2.25. The van der Waals surface area contributed by atoms with Crippen molar-refractivity contribution in [2.24, 2.45) is 0 Å². The molecule has 3 N–H and O–H groups in total. The summed E-state index contributed by atoms with van der Waals surface area (Å²) in [6.07, 6.45) is 3.40. The molecule has 0 aliphatic carbocycles. The Hall–Kier alpha value is -4.14. The Morgan fingerprint density at radius 3 is 1.57 bits per heavy atom. The summed E-state index contributed by atoms with van der Waals surface area (Å²) in [5.74, 6) is 0.178. The van der Waals surface area contributed by atoms with Crippen molar-refractivity contribution in [2.45, 2.75) is 6.54 Å². The quantitative estimate of drug-likeness (QED) is 0.413. The normalized spacial score (nSPS) is 10.5. The standard InChI is InChI=1S/C21H17F2N7/c22-15-1-5-17(6-2-15)26-20-28-19(25-13-14-9-11-24-12-10-14)29-21(30-20)27-18-7-3-16(23)4-8-18/h1-12H,13H2,(H3,25,26,27,28,29,30). The van der Waals surface area contributed by atoms with E-state index in [-0.39, 0.29) is 23.5 Å². The molecule has 0 aliphatic heterocycles. The molecule has 0 amide bonds. The summed E-state index contributed by atoms with van der Waals surface area (Å²) in [4.78, 5) is 17.1. The third-order valence-electron chi connectivity index (χ3n) is 4.04.